The second-order valence-electron chi connectivity index (χ2n) is 8.27. The monoisotopic (exact) mass is 408 g/mol. The van der Waals surface area contributed by atoms with Gasteiger partial charge in [-0.25, -0.2) is 0 Å². The molecule has 0 amide bonds. The minimum Gasteiger partial charge on any atom is -0.355 e. The highest BCUT2D eigenvalue weighted by Crippen LogP contribution is 2.10. The Hall–Kier alpha value is -0.600. The number of unbranched alkanes of at least 4 members (excludes halogenated alkanes) is 14. The highest BCUT2D eigenvalue weighted by atomic mass is 16.7. The summed E-state index contributed by atoms with van der Waals surface area (Å²) in [4.78, 5) is 0. The van der Waals surface area contributed by atoms with E-state index < -0.39 is 0 Å². The molecule has 0 atom stereocenters. The SMILES string of the molecule is CCCC/C=C\CCCCCCCC/C=C\CCOCOCCCCCCCC. The van der Waals surface area contributed by atoms with E-state index in [0.29, 0.717) is 6.79 Å². The second-order valence-corrected chi connectivity index (χ2v) is 8.27. The number of hydrogen-bond acceptors (Lipinski definition) is 2. The van der Waals surface area contributed by atoms with Crippen molar-refractivity contribution in [3.05, 3.63) is 24.3 Å². The zero-order valence-electron chi connectivity index (χ0n) is 20.0. The van der Waals surface area contributed by atoms with Crippen molar-refractivity contribution >= 4 is 0 Å². The maximum Gasteiger partial charge on any atom is 0.146 e. The van der Waals surface area contributed by atoms with E-state index in [1.807, 2.05) is 0 Å². The minimum atomic E-state index is 0.456. The molecule has 0 aromatic heterocycles. The Labute approximate surface area is 183 Å². The van der Waals surface area contributed by atoms with Gasteiger partial charge in [0.05, 0.1) is 6.61 Å². The van der Waals surface area contributed by atoms with Crippen LogP contribution < -0.4 is 0 Å². The molecule has 0 saturated carbocycles. The van der Waals surface area contributed by atoms with Crippen LogP contribution in [0, 0.1) is 0 Å². The predicted octanol–water partition coefficient (Wildman–Crippen LogP) is 9.15. The van der Waals surface area contributed by atoms with E-state index in [0.717, 1.165) is 19.6 Å². The first-order valence-corrected chi connectivity index (χ1v) is 12.9. The molecule has 0 radical (unpaired) electrons. The molecule has 0 spiro atoms. The van der Waals surface area contributed by atoms with Crippen LogP contribution in [-0.4, -0.2) is 20.0 Å². The number of ether oxygens (including phenoxy) is 2. The van der Waals surface area contributed by atoms with E-state index in [9.17, 15) is 0 Å². The number of allylic oxidation sites excluding steroid dienone is 3. The third kappa shape index (κ3) is 27.4. The van der Waals surface area contributed by atoms with Crippen LogP contribution in [0.1, 0.15) is 129 Å². The molecule has 172 valence electrons. The zero-order valence-corrected chi connectivity index (χ0v) is 20.0. The molecule has 0 heterocycles. The molecule has 0 rings (SSSR count). The van der Waals surface area contributed by atoms with Gasteiger partial charge in [0.15, 0.2) is 0 Å². The largest absolute Gasteiger partial charge is 0.355 e. The predicted molar refractivity (Wildman–Crippen MR) is 130 cm³/mol. The van der Waals surface area contributed by atoms with Crippen LogP contribution in [0.25, 0.3) is 0 Å². The van der Waals surface area contributed by atoms with Crippen molar-refractivity contribution in [1.82, 2.24) is 0 Å². The lowest BCUT2D eigenvalue weighted by molar-refractivity contribution is -0.0531. The van der Waals surface area contributed by atoms with Crippen LogP contribution in [0.2, 0.25) is 0 Å². The third-order valence-corrected chi connectivity index (χ3v) is 5.29. The summed E-state index contributed by atoms with van der Waals surface area (Å²) in [5.74, 6) is 0. The van der Waals surface area contributed by atoms with Gasteiger partial charge in [-0.15, -0.1) is 0 Å². The smallest absolute Gasteiger partial charge is 0.146 e. The summed E-state index contributed by atoms with van der Waals surface area (Å²) in [5.41, 5.74) is 0. The fraction of sp³-hybridized carbons (Fsp3) is 0.852. The van der Waals surface area contributed by atoms with E-state index in [-0.39, 0.29) is 0 Å². The molecule has 0 aliphatic carbocycles. The van der Waals surface area contributed by atoms with E-state index >= 15 is 0 Å². The van der Waals surface area contributed by atoms with Gasteiger partial charge in [0.1, 0.15) is 6.79 Å². The highest BCUT2D eigenvalue weighted by molar-refractivity contribution is 4.82. The van der Waals surface area contributed by atoms with Gasteiger partial charge in [-0.1, -0.05) is 109 Å². The third-order valence-electron chi connectivity index (χ3n) is 5.29. The first kappa shape index (κ1) is 28.4. The maximum atomic E-state index is 5.52. The summed E-state index contributed by atoms with van der Waals surface area (Å²) < 4.78 is 11.0. The Bertz CT molecular complexity index is 335. The van der Waals surface area contributed by atoms with Gasteiger partial charge in [-0.05, 0) is 44.9 Å². The fourth-order valence-corrected chi connectivity index (χ4v) is 3.34. The molecule has 0 fully saturated rings. The average molecular weight is 409 g/mol. The molecule has 0 aromatic rings. The molecule has 2 nitrogen and oxygen atoms in total. The normalized spacial score (nSPS) is 11.9. The maximum absolute atomic E-state index is 5.52. The molecule has 2 heteroatoms. The summed E-state index contributed by atoms with van der Waals surface area (Å²) in [6, 6.07) is 0. The van der Waals surface area contributed by atoms with Gasteiger partial charge in [0.25, 0.3) is 0 Å². The van der Waals surface area contributed by atoms with Crippen molar-refractivity contribution in [3.63, 3.8) is 0 Å². The summed E-state index contributed by atoms with van der Waals surface area (Å²) in [5, 5.41) is 0. The zero-order chi connectivity index (χ0) is 21.1. The Balaban J connectivity index is 3.10. The topological polar surface area (TPSA) is 18.5 Å². The number of hydrogen-bond donors (Lipinski definition) is 0. The molecule has 0 unspecified atom stereocenters. The molecule has 0 saturated heterocycles. The molecular formula is C27H52O2. The summed E-state index contributed by atoms with van der Waals surface area (Å²) in [7, 11) is 0. The van der Waals surface area contributed by atoms with Gasteiger partial charge >= 0.3 is 0 Å². The second kappa shape index (κ2) is 27.4. The van der Waals surface area contributed by atoms with Crippen molar-refractivity contribution in [2.75, 3.05) is 20.0 Å². The van der Waals surface area contributed by atoms with Crippen LogP contribution in [-0.2, 0) is 9.47 Å². The van der Waals surface area contributed by atoms with E-state index in [4.69, 9.17) is 9.47 Å². The van der Waals surface area contributed by atoms with Crippen LogP contribution in [0.4, 0.5) is 0 Å². The van der Waals surface area contributed by atoms with E-state index in [2.05, 4.69) is 38.2 Å². The lowest BCUT2D eigenvalue weighted by Gasteiger charge is -2.04. The standard InChI is InChI=1S/C27H52O2/c1-3-5-7-9-11-12-13-14-15-16-17-18-19-20-22-24-26-29-27-28-25-23-21-10-8-6-4-2/h9,11,20,22H,3-8,10,12-19,21,23-27H2,1-2H3/b11-9-,22-20-. The van der Waals surface area contributed by atoms with Crippen LogP contribution >= 0.6 is 0 Å². The average Bonchev–Trinajstić information content (AvgIpc) is 2.74. The quantitative estimate of drug-likeness (QED) is 0.0900. The summed E-state index contributed by atoms with van der Waals surface area (Å²) in [6.07, 6.45) is 32.9. The van der Waals surface area contributed by atoms with Gasteiger partial charge < -0.3 is 9.47 Å². The first-order valence-electron chi connectivity index (χ1n) is 12.9. The van der Waals surface area contributed by atoms with Crippen LogP contribution in [0.3, 0.4) is 0 Å². The van der Waals surface area contributed by atoms with Crippen LogP contribution in [0.5, 0.6) is 0 Å². The Morgan fingerprint density at radius 1 is 0.414 bits per heavy atom. The molecule has 0 aromatic carbocycles. The molecule has 0 aliphatic heterocycles. The molecule has 29 heavy (non-hydrogen) atoms. The van der Waals surface area contributed by atoms with Gasteiger partial charge in [0, 0.05) is 6.61 Å². The molecule has 0 aliphatic rings. The van der Waals surface area contributed by atoms with Gasteiger partial charge in [-0.3, -0.25) is 0 Å². The highest BCUT2D eigenvalue weighted by Gasteiger charge is 1.92. The number of rotatable bonds is 24. The van der Waals surface area contributed by atoms with Crippen LogP contribution in [0.15, 0.2) is 24.3 Å². The first-order chi connectivity index (χ1) is 14.4. The van der Waals surface area contributed by atoms with Crippen molar-refractivity contribution in [3.8, 4) is 0 Å². The fourth-order valence-electron chi connectivity index (χ4n) is 3.34. The summed E-state index contributed by atoms with van der Waals surface area (Å²) in [6.45, 7) is 6.59. The van der Waals surface area contributed by atoms with Gasteiger partial charge in [-0.2, -0.15) is 0 Å². The van der Waals surface area contributed by atoms with E-state index in [1.165, 1.54) is 109 Å². The molecule has 0 N–H and O–H groups in total. The lowest BCUT2D eigenvalue weighted by Crippen LogP contribution is -2.02. The minimum absolute atomic E-state index is 0.456. The van der Waals surface area contributed by atoms with Crippen molar-refractivity contribution in [2.45, 2.75) is 129 Å². The summed E-state index contributed by atoms with van der Waals surface area (Å²) >= 11 is 0. The molecular weight excluding hydrogens is 356 g/mol. The van der Waals surface area contributed by atoms with Gasteiger partial charge in [0.2, 0.25) is 0 Å². The Morgan fingerprint density at radius 3 is 1.48 bits per heavy atom. The Morgan fingerprint density at radius 2 is 0.862 bits per heavy atom. The van der Waals surface area contributed by atoms with Crippen molar-refractivity contribution in [1.29, 1.82) is 0 Å². The lowest BCUT2D eigenvalue weighted by atomic mass is 10.1. The molecule has 0 bridgehead atoms. The van der Waals surface area contributed by atoms with Crippen molar-refractivity contribution < 1.29 is 9.47 Å². The Kier molecular flexibility index (Phi) is 26.8. The van der Waals surface area contributed by atoms with Crippen molar-refractivity contribution in [2.24, 2.45) is 0 Å². The van der Waals surface area contributed by atoms with E-state index in [1.54, 1.807) is 0 Å².